The van der Waals surface area contributed by atoms with Crippen molar-refractivity contribution in [1.82, 2.24) is 9.97 Å². The first kappa shape index (κ1) is 14.1. The highest BCUT2D eigenvalue weighted by Gasteiger charge is 2.10. The van der Waals surface area contributed by atoms with Gasteiger partial charge in [-0.1, -0.05) is 26.7 Å². The largest absolute Gasteiger partial charge is 0.368 e. The van der Waals surface area contributed by atoms with E-state index in [1.807, 2.05) is 11.4 Å². The molecular weight excluding hydrogens is 256 g/mol. The molecule has 0 aliphatic rings. The third-order valence-corrected chi connectivity index (χ3v) is 3.95. The maximum absolute atomic E-state index is 5.74. The monoisotopic (exact) mass is 278 g/mol. The average molecular weight is 278 g/mol. The lowest BCUT2D eigenvalue weighted by Crippen LogP contribution is -2.17. The number of aromatic nitrogens is 2. The Hall–Kier alpha value is -1.36. The zero-order chi connectivity index (χ0) is 13.8. The normalized spacial score (nSPS) is 13.1. The van der Waals surface area contributed by atoms with Gasteiger partial charge in [0.15, 0.2) is 0 Å². The molecule has 3 N–H and O–H groups in total. The molecule has 0 aliphatic carbocycles. The molecule has 0 fully saturated rings. The molecule has 104 valence electrons. The summed E-state index contributed by atoms with van der Waals surface area (Å²) >= 11 is 1.59. The molecule has 5 heteroatoms. The Balaban J connectivity index is 2.02. The van der Waals surface area contributed by atoms with E-state index in [2.05, 4.69) is 36.1 Å². The van der Waals surface area contributed by atoms with E-state index in [4.69, 9.17) is 5.73 Å². The zero-order valence-electron chi connectivity index (χ0n) is 11.8. The van der Waals surface area contributed by atoms with Gasteiger partial charge >= 0.3 is 0 Å². The molecule has 1 unspecified atom stereocenters. The van der Waals surface area contributed by atoms with Gasteiger partial charge in [0.1, 0.15) is 10.6 Å². The van der Waals surface area contributed by atoms with Crippen LogP contribution in [0.15, 0.2) is 11.4 Å². The van der Waals surface area contributed by atoms with Gasteiger partial charge in [-0.15, -0.1) is 11.3 Å². The Morgan fingerprint density at radius 3 is 2.79 bits per heavy atom. The lowest BCUT2D eigenvalue weighted by molar-refractivity contribution is 0.520. The summed E-state index contributed by atoms with van der Waals surface area (Å²) in [6.07, 6.45) is 3.65. The molecule has 0 radical (unpaired) electrons. The van der Waals surface area contributed by atoms with Crippen LogP contribution < -0.4 is 11.1 Å². The Kier molecular flexibility index (Phi) is 4.58. The van der Waals surface area contributed by atoms with Crippen LogP contribution in [0, 0.1) is 5.92 Å². The first-order valence-electron chi connectivity index (χ1n) is 6.83. The summed E-state index contributed by atoms with van der Waals surface area (Å²) < 4.78 is 0. The molecule has 0 spiro atoms. The van der Waals surface area contributed by atoms with Crippen molar-refractivity contribution in [2.75, 3.05) is 11.1 Å². The molecule has 2 aromatic heterocycles. The van der Waals surface area contributed by atoms with Gasteiger partial charge in [-0.25, -0.2) is 4.98 Å². The summed E-state index contributed by atoms with van der Waals surface area (Å²) in [7, 11) is 0. The van der Waals surface area contributed by atoms with Gasteiger partial charge in [0, 0.05) is 6.04 Å². The summed E-state index contributed by atoms with van der Waals surface area (Å²) in [5.41, 5.74) is 5.74. The number of nitrogens with zero attached hydrogens (tertiary/aromatic N) is 2. The number of fused-ring (bicyclic) bond motifs is 1. The van der Waals surface area contributed by atoms with Crippen LogP contribution in [0.25, 0.3) is 10.2 Å². The average Bonchev–Trinajstić information content (AvgIpc) is 2.76. The molecule has 0 saturated heterocycles. The summed E-state index contributed by atoms with van der Waals surface area (Å²) in [6.45, 7) is 6.72. The topological polar surface area (TPSA) is 63.8 Å². The molecular formula is C14H22N4S. The van der Waals surface area contributed by atoms with E-state index < -0.39 is 0 Å². The fourth-order valence-electron chi connectivity index (χ4n) is 2.12. The fourth-order valence-corrected chi connectivity index (χ4v) is 2.89. The second kappa shape index (κ2) is 6.19. The quantitative estimate of drug-likeness (QED) is 0.841. The number of hydrogen-bond donors (Lipinski definition) is 2. The Morgan fingerprint density at radius 2 is 2.05 bits per heavy atom. The van der Waals surface area contributed by atoms with Crippen molar-refractivity contribution in [1.29, 1.82) is 0 Å². The molecule has 0 aliphatic heterocycles. The first-order chi connectivity index (χ1) is 9.06. The summed E-state index contributed by atoms with van der Waals surface area (Å²) in [4.78, 5) is 9.50. The number of hydrogen-bond acceptors (Lipinski definition) is 5. The minimum absolute atomic E-state index is 0.340. The molecule has 0 saturated carbocycles. The predicted molar refractivity (Wildman–Crippen MR) is 83.6 cm³/mol. The highest BCUT2D eigenvalue weighted by atomic mass is 32.1. The van der Waals surface area contributed by atoms with Crippen molar-refractivity contribution in [3.63, 3.8) is 0 Å². The number of rotatable bonds is 6. The highest BCUT2D eigenvalue weighted by molar-refractivity contribution is 7.16. The van der Waals surface area contributed by atoms with Crippen molar-refractivity contribution >= 4 is 33.3 Å². The van der Waals surface area contributed by atoms with Gasteiger partial charge in [0.2, 0.25) is 5.95 Å². The fraction of sp³-hybridized carbons (Fsp3) is 0.571. The van der Waals surface area contributed by atoms with Gasteiger partial charge in [-0.3, -0.25) is 0 Å². The first-order valence-corrected chi connectivity index (χ1v) is 7.71. The Morgan fingerprint density at radius 1 is 1.26 bits per heavy atom. The second-order valence-corrected chi connectivity index (χ2v) is 6.33. The Labute approximate surface area is 118 Å². The van der Waals surface area contributed by atoms with Crippen LogP contribution in [-0.4, -0.2) is 16.0 Å². The Bertz CT molecular complexity index is 535. The lowest BCUT2D eigenvalue weighted by Gasteiger charge is -2.15. The third-order valence-electron chi connectivity index (χ3n) is 3.14. The van der Waals surface area contributed by atoms with E-state index in [-0.39, 0.29) is 0 Å². The van der Waals surface area contributed by atoms with Crippen LogP contribution in [0.4, 0.5) is 11.8 Å². The number of nitrogens with one attached hydrogen (secondary N) is 1. The molecule has 2 heterocycles. The minimum atomic E-state index is 0.340. The molecule has 0 bridgehead atoms. The van der Waals surface area contributed by atoms with E-state index >= 15 is 0 Å². The second-order valence-electron chi connectivity index (χ2n) is 5.44. The van der Waals surface area contributed by atoms with Gasteiger partial charge in [0.05, 0.1) is 5.39 Å². The molecule has 19 heavy (non-hydrogen) atoms. The van der Waals surface area contributed by atoms with Crippen molar-refractivity contribution < 1.29 is 0 Å². The number of nitrogen functional groups attached to an aromatic ring is 1. The molecule has 2 rings (SSSR count). The van der Waals surface area contributed by atoms with Crippen molar-refractivity contribution in [3.05, 3.63) is 11.4 Å². The summed E-state index contributed by atoms with van der Waals surface area (Å²) in [5, 5.41) is 6.55. The van der Waals surface area contributed by atoms with Gasteiger partial charge in [0.25, 0.3) is 0 Å². The molecule has 1 atom stereocenters. The summed E-state index contributed by atoms with van der Waals surface area (Å²) in [6, 6.07) is 2.44. The zero-order valence-corrected chi connectivity index (χ0v) is 12.6. The molecule has 2 aromatic rings. The number of anilines is 2. The van der Waals surface area contributed by atoms with E-state index in [1.54, 1.807) is 11.3 Å². The third kappa shape index (κ3) is 3.80. The van der Waals surface area contributed by atoms with Crippen molar-refractivity contribution in [2.45, 2.75) is 46.1 Å². The maximum atomic E-state index is 5.74. The maximum Gasteiger partial charge on any atom is 0.223 e. The van der Waals surface area contributed by atoms with E-state index in [1.165, 1.54) is 12.8 Å². The predicted octanol–water partition coefficient (Wildman–Crippen LogP) is 3.90. The van der Waals surface area contributed by atoms with Crippen LogP contribution in [0.1, 0.15) is 40.0 Å². The van der Waals surface area contributed by atoms with Crippen LogP contribution in [0.2, 0.25) is 0 Å². The van der Waals surface area contributed by atoms with Crippen LogP contribution in [0.3, 0.4) is 0 Å². The van der Waals surface area contributed by atoms with Crippen LogP contribution in [0.5, 0.6) is 0 Å². The SMILES string of the molecule is CC(C)CCCC(C)Nc1nc(N)nc2sccc12. The van der Waals surface area contributed by atoms with Gasteiger partial charge in [-0.05, 0) is 30.7 Å². The molecule has 0 aromatic carbocycles. The van der Waals surface area contributed by atoms with Crippen LogP contribution in [-0.2, 0) is 0 Å². The molecule has 4 nitrogen and oxygen atoms in total. The molecule has 0 amide bonds. The van der Waals surface area contributed by atoms with Gasteiger partial charge < -0.3 is 11.1 Å². The minimum Gasteiger partial charge on any atom is -0.368 e. The van der Waals surface area contributed by atoms with Gasteiger partial charge in [-0.2, -0.15) is 4.98 Å². The standard InChI is InChI=1S/C14H22N4S/c1-9(2)5-4-6-10(3)16-12-11-7-8-19-13(11)18-14(15)17-12/h7-10H,4-6H2,1-3H3,(H3,15,16,17,18). The number of thiophene rings is 1. The smallest absolute Gasteiger partial charge is 0.223 e. The van der Waals surface area contributed by atoms with E-state index in [0.717, 1.165) is 28.4 Å². The van der Waals surface area contributed by atoms with Crippen molar-refractivity contribution in [2.24, 2.45) is 5.92 Å². The van der Waals surface area contributed by atoms with E-state index in [9.17, 15) is 0 Å². The highest BCUT2D eigenvalue weighted by Crippen LogP contribution is 2.26. The number of nitrogens with two attached hydrogens (primary N) is 1. The van der Waals surface area contributed by atoms with Crippen molar-refractivity contribution in [3.8, 4) is 0 Å². The lowest BCUT2D eigenvalue weighted by atomic mass is 10.0. The van der Waals surface area contributed by atoms with E-state index in [0.29, 0.717) is 12.0 Å². The van der Waals surface area contributed by atoms with Crippen LogP contribution >= 0.6 is 11.3 Å². The summed E-state index contributed by atoms with van der Waals surface area (Å²) in [5.74, 6) is 1.97.